The predicted octanol–water partition coefficient (Wildman–Crippen LogP) is 4.73. The first-order chi connectivity index (χ1) is 13.1. The summed E-state index contributed by atoms with van der Waals surface area (Å²) in [5.74, 6) is 0. The zero-order valence-corrected chi connectivity index (χ0v) is 16.7. The molecule has 0 amide bonds. The molecule has 0 aromatic rings. The maximum absolute atomic E-state index is 10.1. The Hall–Kier alpha value is -1.50. The molecule has 0 radical (unpaired) electrons. The van der Waals surface area contributed by atoms with Crippen LogP contribution in [0.3, 0.4) is 0 Å². The van der Waals surface area contributed by atoms with Gasteiger partial charge in [-0.15, -0.1) is 0 Å². The van der Waals surface area contributed by atoms with Crippen molar-refractivity contribution >= 4 is 0 Å². The van der Waals surface area contributed by atoms with Crippen molar-refractivity contribution in [2.45, 2.75) is 108 Å². The summed E-state index contributed by atoms with van der Waals surface area (Å²) in [7, 11) is 0. The zero-order chi connectivity index (χ0) is 20.3. The van der Waals surface area contributed by atoms with Crippen molar-refractivity contribution in [3.8, 4) is 0 Å². The quantitative estimate of drug-likeness (QED) is 0.135. The summed E-state index contributed by atoms with van der Waals surface area (Å²) in [5, 5.41) is 26.5. The number of azide groups is 2. The summed E-state index contributed by atoms with van der Waals surface area (Å²) in [6, 6.07) is -2.59. The topological polar surface area (TPSA) is 164 Å². The van der Waals surface area contributed by atoms with E-state index in [1.165, 1.54) is 51.4 Å². The van der Waals surface area contributed by atoms with Gasteiger partial charge < -0.3 is 15.9 Å². The van der Waals surface area contributed by atoms with E-state index in [4.69, 9.17) is 21.9 Å². The Balaban J connectivity index is 4.16. The molecular formula is C18H37N7O2. The number of aliphatic hydroxyl groups excluding tert-OH is 2. The third-order valence-electron chi connectivity index (χ3n) is 4.88. The van der Waals surface area contributed by atoms with E-state index < -0.39 is 30.8 Å². The van der Waals surface area contributed by atoms with E-state index in [9.17, 15) is 5.11 Å². The molecule has 0 aliphatic rings. The van der Waals surface area contributed by atoms with Gasteiger partial charge in [-0.2, -0.15) is 0 Å². The average molecular weight is 384 g/mol. The number of hydrogen-bond acceptors (Lipinski definition) is 5. The highest BCUT2D eigenvalue weighted by Crippen LogP contribution is 2.19. The second-order valence-corrected chi connectivity index (χ2v) is 7.13. The molecule has 0 aromatic carbocycles. The molecule has 0 heterocycles. The van der Waals surface area contributed by atoms with Gasteiger partial charge in [0.15, 0.2) is 0 Å². The second-order valence-electron chi connectivity index (χ2n) is 7.13. The lowest BCUT2D eigenvalue weighted by molar-refractivity contribution is 0.0779. The molecule has 4 unspecified atom stereocenters. The summed E-state index contributed by atoms with van der Waals surface area (Å²) in [4.78, 5) is 5.53. The molecule has 0 aliphatic heterocycles. The highest BCUT2D eigenvalue weighted by atomic mass is 16.3. The molecule has 4 N–H and O–H groups in total. The Morgan fingerprint density at radius 3 is 1.78 bits per heavy atom. The van der Waals surface area contributed by atoms with Crippen LogP contribution in [-0.2, 0) is 0 Å². The molecule has 0 bridgehead atoms. The van der Waals surface area contributed by atoms with Crippen molar-refractivity contribution < 1.29 is 10.2 Å². The SMILES string of the molecule is CCCCCCCCCCCCCC(N=[N+]=[N-])C(N=[N+]=[N-])C(O)C(N)CO. The molecule has 0 aliphatic carbocycles. The van der Waals surface area contributed by atoms with E-state index in [2.05, 4.69) is 27.0 Å². The minimum atomic E-state index is -1.26. The van der Waals surface area contributed by atoms with Crippen molar-refractivity contribution in [3.63, 3.8) is 0 Å². The lowest BCUT2D eigenvalue weighted by atomic mass is 9.94. The number of rotatable bonds is 18. The number of unbranched alkanes of at least 4 members (excludes halogenated alkanes) is 10. The van der Waals surface area contributed by atoms with Crippen LogP contribution in [0.1, 0.15) is 84.0 Å². The smallest absolute Gasteiger partial charge is 0.0802 e. The van der Waals surface area contributed by atoms with Crippen LogP contribution < -0.4 is 5.73 Å². The fourth-order valence-electron chi connectivity index (χ4n) is 3.17. The average Bonchev–Trinajstić information content (AvgIpc) is 2.68. The van der Waals surface area contributed by atoms with Crippen LogP contribution in [0, 0.1) is 0 Å². The zero-order valence-electron chi connectivity index (χ0n) is 16.7. The Kier molecular flexibility index (Phi) is 16.9. The van der Waals surface area contributed by atoms with Crippen molar-refractivity contribution in [1.82, 2.24) is 0 Å². The fraction of sp³-hybridized carbons (Fsp3) is 1.00. The van der Waals surface area contributed by atoms with Gasteiger partial charge in [0.2, 0.25) is 0 Å². The maximum atomic E-state index is 10.1. The molecule has 9 heteroatoms. The van der Waals surface area contributed by atoms with Crippen LogP contribution in [0.25, 0.3) is 20.9 Å². The standard InChI is InChI=1S/C18H37N7O2/c1-2-3-4-5-6-7-8-9-10-11-12-13-16(22-24-20)17(23-25-21)18(27)15(19)14-26/h15-18,26-27H,2-14,19H2,1H3. The van der Waals surface area contributed by atoms with Crippen molar-refractivity contribution in [2.24, 2.45) is 16.0 Å². The number of nitrogens with two attached hydrogens (primary N) is 1. The number of aliphatic hydroxyl groups is 2. The summed E-state index contributed by atoms with van der Waals surface area (Å²) < 4.78 is 0. The Labute approximate surface area is 162 Å². The summed E-state index contributed by atoms with van der Waals surface area (Å²) in [6.45, 7) is 1.78. The van der Waals surface area contributed by atoms with Gasteiger partial charge in [-0.25, -0.2) is 0 Å². The molecule has 156 valence electrons. The van der Waals surface area contributed by atoms with E-state index in [-0.39, 0.29) is 0 Å². The molecule has 9 nitrogen and oxygen atoms in total. The highest BCUT2D eigenvalue weighted by molar-refractivity contribution is 4.93. The van der Waals surface area contributed by atoms with Gasteiger partial charge in [-0.05, 0) is 17.5 Å². The van der Waals surface area contributed by atoms with E-state index in [1.54, 1.807) is 0 Å². The van der Waals surface area contributed by atoms with Crippen LogP contribution >= 0.6 is 0 Å². The van der Waals surface area contributed by atoms with Crippen LogP contribution in [0.2, 0.25) is 0 Å². The summed E-state index contributed by atoms with van der Waals surface area (Å²) in [5.41, 5.74) is 23.1. The molecule has 0 spiro atoms. The molecular weight excluding hydrogens is 346 g/mol. The minimum absolute atomic E-state index is 0.444. The van der Waals surface area contributed by atoms with Gasteiger partial charge in [-0.3, -0.25) is 0 Å². The Morgan fingerprint density at radius 2 is 1.33 bits per heavy atom. The van der Waals surface area contributed by atoms with Crippen LogP contribution in [0.4, 0.5) is 0 Å². The fourth-order valence-corrected chi connectivity index (χ4v) is 3.17. The third kappa shape index (κ3) is 12.5. The van der Waals surface area contributed by atoms with Crippen molar-refractivity contribution in [2.75, 3.05) is 6.61 Å². The lowest BCUT2D eigenvalue weighted by Gasteiger charge is -2.27. The molecule has 0 rings (SSSR count). The van der Waals surface area contributed by atoms with Gasteiger partial charge >= 0.3 is 0 Å². The monoisotopic (exact) mass is 383 g/mol. The van der Waals surface area contributed by atoms with Gasteiger partial charge in [0.1, 0.15) is 0 Å². The number of hydrogen-bond donors (Lipinski definition) is 3. The van der Waals surface area contributed by atoms with Crippen molar-refractivity contribution in [1.29, 1.82) is 0 Å². The highest BCUT2D eigenvalue weighted by Gasteiger charge is 2.30. The van der Waals surface area contributed by atoms with Gasteiger partial charge in [0.05, 0.1) is 24.8 Å². The van der Waals surface area contributed by atoms with Crippen LogP contribution in [0.15, 0.2) is 10.2 Å². The van der Waals surface area contributed by atoms with Gasteiger partial charge in [0.25, 0.3) is 0 Å². The maximum Gasteiger partial charge on any atom is 0.0802 e. The largest absolute Gasteiger partial charge is 0.395 e. The molecule has 4 atom stereocenters. The normalized spacial score (nSPS) is 15.3. The van der Waals surface area contributed by atoms with E-state index in [0.717, 1.165) is 19.3 Å². The first kappa shape index (κ1) is 25.5. The van der Waals surface area contributed by atoms with Crippen molar-refractivity contribution in [3.05, 3.63) is 20.9 Å². The van der Waals surface area contributed by atoms with Gasteiger partial charge in [-0.1, -0.05) is 87.8 Å². The molecule has 0 fully saturated rings. The van der Waals surface area contributed by atoms with E-state index in [1.807, 2.05) is 0 Å². The predicted molar refractivity (Wildman–Crippen MR) is 108 cm³/mol. The lowest BCUT2D eigenvalue weighted by Crippen LogP contribution is -2.48. The van der Waals surface area contributed by atoms with E-state index in [0.29, 0.717) is 6.42 Å². The Bertz CT molecular complexity index is 451. The number of nitrogens with zero attached hydrogens (tertiary/aromatic N) is 6. The summed E-state index contributed by atoms with van der Waals surface area (Å²) in [6.07, 6.45) is 12.5. The molecule has 0 aromatic heterocycles. The van der Waals surface area contributed by atoms with E-state index >= 15 is 0 Å². The van der Waals surface area contributed by atoms with Gasteiger partial charge in [0, 0.05) is 15.9 Å². The van der Waals surface area contributed by atoms with Crippen LogP contribution in [-0.4, -0.2) is 41.0 Å². The second kappa shape index (κ2) is 17.9. The molecule has 27 heavy (non-hydrogen) atoms. The van der Waals surface area contributed by atoms with Crippen LogP contribution in [0.5, 0.6) is 0 Å². The molecule has 0 saturated carbocycles. The molecule has 0 saturated heterocycles. The first-order valence-electron chi connectivity index (χ1n) is 10.2. The summed E-state index contributed by atoms with van der Waals surface area (Å²) >= 11 is 0. The minimum Gasteiger partial charge on any atom is -0.395 e. The Morgan fingerprint density at radius 1 is 0.852 bits per heavy atom. The first-order valence-corrected chi connectivity index (χ1v) is 10.2. The third-order valence-corrected chi connectivity index (χ3v) is 4.88.